The summed E-state index contributed by atoms with van der Waals surface area (Å²) in [6, 6.07) is 0. The fraction of sp³-hybridized carbons (Fsp3) is 0.818. The largest absolute Gasteiger partial charge is 0.479 e. The van der Waals surface area contributed by atoms with E-state index >= 15 is 0 Å². The maximum absolute atomic E-state index is 10.7. The van der Waals surface area contributed by atoms with Crippen molar-refractivity contribution in [1.82, 2.24) is 5.43 Å². The Morgan fingerprint density at radius 2 is 1.48 bits per heavy atom. The molecule has 10 N–H and O–H groups in total. The SMILES string of the molecule is C.NN.NNC(=O)[C@@H]1CCCO1.O.O=C(O)[C@@H]1CCCO1. The number of nitrogens with two attached hydrogens (primary N) is 3. The summed E-state index contributed by atoms with van der Waals surface area (Å²) >= 11 is 0. The molecule has 0 radical (unpaired) electrons. The average Bonchev–Trinajstić information content (AvgIpc) is 3.13. The smallest absolute Gasteiger partial charge is 0.332 e. The number of rotatable bonds is 2. The van der Waals surface area contributed by atoms with Crippen LogP contribution in [0.1, 0.15) is 33.1 Å². The molecule has 2 aliphatic rings. The normalized spacial score (nSPS) is 22.2. The van der Waals surface area contributed by atoms with Crippen LogP contribution in [-0.4, -0.2) is 47.9 Å². The number of carbonyl (C=O) groups excluding carboxylic acids is 1. The zero-order chi connectivity index (χ0) is 14.7. The highest BCUT2D eigenvalue weighted by Crippen LogP contribution is 2.11. The maximum Gasteiger partial charge on any atom is 0.332 e. The van der Waals surface area contributed by atoms with E-state index in [9.17, 15) is 9.59 Å². The second-order valence-electron chi connectivity index (χ2n) is 3.85. The Bertz CT molecular complexity index is 267. The molecule has 21 heavy (non-hydrogen) atoms. The molecule has 2 fully saturated rings. The second-order valence-corrected chi connectivity index (χ2v) is 3.85. The van der Waals surface area contributed by atoms with Gasteiger partial charge in [0.1, 0.15) is 6.10 Å². The van der Waals surface area contributed by atoms with E-state index in [0.717, 1.165) is 19.3 Å². The van der Waals surface area contributed by atoms with Crippen LogP contribution >= 0.6 is 0 Å². The molecule has 0 aromatic heterocycles. The van der Waals surface area contributed by atoms with Crippen LogP contribution in [0, 0.1) is 0 Å². The first-order valence-electron chi connectivity index (χ1n) is 5.95. The van der Waals surface area contributed by atoms with Crippen molar-refractivity contribution in [3.63, 3.8) is 0 Å². The van der Waals surface area contributed by atoms with Gasteiger partial charge >= 0.3 is 5.97 Å². The summed E-state index contributed by atoms with van der Waals surface area (Å²) < 4.78 is 9.83. The number of hydrogen-bond acceptors (Lipinski definition) is 7. The van der Waals surface area contributed by atoms with Gasteiger partial charge in [0.15, 0.2) is 6.10 Å². The van der Waals surface area contributed by atoms with Crippen LogP contribution in [0.15, 0.2) is 0 Å². The van der Waals surface area contributed by atoms with Gasteiger partial charge < -0.3 is 20.1 Å². The first-order chi connectivity index (χ1) is 9.15. The van der Waals surface area contributed by atoms with Crippen LogP contribution in [0.4, 0.5) is 0 Å². The summed E-state index contributed by atoms with van der Waals surface area (Å²) in [5, 5.41) is 8.29. The number of carboxylic acid groups (broad SMARTS) is 1. The van der Waals surface area contributed by atoms with E-state index in [1.807, 2.05) is 5.43 Å². The highest BCUT2D eigenvalue weighted by Gasteiger charge is 2.22. The van der Waals surface area contributed by atoms with Gasteiger partial charge in [0, 0.05) is 13.2 Å². The predicted octanol–water partition coefficient (Wildman–Crippen LogP) is -1.96. The quantitative estimate of drug-likeness (QED) is 0.220. The molecule has 1 amide bonds. The van der Waals surface area contributed by atoms with E-state index in [2.05, 4.69) is 11.7 Å². The highest BCUT2D eigenvalue weighted by atomic mass is 16.5. The maximum atomic E-state index is 10.7. The summed E-state index contributed by atoms with van der Waals surface area (Å²) in [5.41, 5.74) is 2.04. The number of hydrazine groups is 2. The highest BCUT2D eigenvalue weighted by molar-refractivity contribution is 5.80. The lowest BCUT2D eigenvalue weighted by atomic mass is 10.2. The molecular weight excluding hydrogens is 284 g/mol. The van der Waals surface area contributed by atoms with E-state index in [1.165, 1.54) is 0 Å². The Morgan fingerprint density at radius 1 is 1.05 bits per heavy atom. The molecule has 0 unspecified atom stereocenters. The van der Waals surface area contributed by atoms with Crippen molar-refractivity contribution in [1.29, 1.82) is 0 Å². The van der Waals surface area contributed by atoms with Gasteiger partial charge in [-0.2, -0.15) is 0 Å². The molecule has 2 atom stereocenters. The predicted molar refractivity (Wildman–Crippen MR) is 76.6 cm³/mol. The van der Waals surface area contributed by atoms with Crippen molar-refractivity contribution in [2.45, 2.75) is 45.3 Å². The molecule has 0 saturated carbocycles. The molecule has 2 aliphatic heterocycles. The summed E-state index contributed by atoms with van der Waals surface area (Å²) in [4.78, 5) is 20.7. The van der Waals surface area contributed by atoms with Crippen LogP contribution in [0.3, 0.4) is 0 Å². The molecule has 2 heterocycles. The minimum atomic E-state index is -0.831. The Hall–Kier alpha value is -1.30. The minimum absolute atomic E-state index is 0. The van der Waals surface area contributed by atoms with Gasteiger partial charge in [0.05, 0.1) is 0 Å². The van der Waals surface area contributed by atoms with Gasteiger partial charge in [0.25, 0.3) is 5.91 Å². The number of hydrogen-bond donors (Lipinski definition) is 5. The van der Waals surface area contributed by atoms with Crippen molar-refractivity contribution in [3.05, 3.63) is 0 Å². The van der Waals surface area contributed by atoms with Crippen LogP contribution in [0.2, 0.25) is 0 Å². The molecule has 0 bridgehead atoms. The van der Waals surface area contributed by atoms with Crippen molar-refractivity contribution < 1.29 is 29.6 Å². The minimum Gasteiger partial charge on any atom is -0.479 e. The Balaban J connectivity index is -0.000000255. The topological polar surface area (TPSA) is 194 Å². The lowest BCUT2D eigenvalue weighted by Crippen LogP contribution is -2.38. The summed E-state index contributed by atoms with van der Waals surface area (Å²) in [6.45, 7) is 1.29. The lowest BCUT2D eigenvalue weighted by molar-refractivity contribution is -0.147. The zero-order valence-electron chi connectivity index (χ0n) is 11.2. The summed E-state index contributed by atoms with van der Waals surface area (Å²) in [6.07, 6.45) is 2.50. The molecular formula is C11H28N4O6. The standard InChI is InChI=1S/C5H10N2O2.C5H8O3.CH4.H4N2.H2O/c6-7-5(8)4-2-1-3-9-4;6-5(7)4-2-1-3-8-4;;1-2;/h4H,1-3,6H2,(H,7,8);4H,1-3H2,(H,6,7);1H4;1-2H2;1H2/t2*4-;;;/m00.../s1. The number of carbonyl (C=O) groups is 2. The van der Waals surface area contributed by atoms with Crippen LogP contribution in [0.25, 0.3) is 0 Å². The number of carboxylic acids is 1. The van der Waals surface area contributed by atoms with E-state index in [-0.39, 0.29) is 24.9 Å². The molecule has 0 spiro atoms. The molecule has 2 saturated heterocycles. The zero-order valence-corrected chi connectivity index (χ0v) is 11.2. The first kappa shape index (κ1) is 24.7. The molecule has 10 nitrogen and oxygen atoms in total. The fourth-order valence-corrected chi connectivity index (χ4v) is 1.65. The average molecular weight is 312 g/mol. The van der Waals surface area contributed by atoms with E-state index in [1.54, 1.807) is 0 Å². The molecule has 2 rings (SSSR count). The number of ether oxygens (including phenoxy) is 2. The Kier molecular flexibility index (Phi) is 17.8. The summed E-state index contributed by atoms with van der Waals surface area (Å²) in [7, 11) is 0. The van der Waals surface area contributed by atoms with E-state index in [0.29, 0.717) is 19.6 Å². The van der Waals surface area contributed by atoms with Crippen molar-refractivity contribution in [2.75, 3.05) is 13.2 Å². The van der Waals surface area contributed by atoms with Gasteiger partial charge in [-0.25, -0.2) is 10.6 Å². The van der Waals surface area contributed by atoms with Gasteiger partial charge in [-0.1, -0.05) is 7.43 Å². The van der Waals surface area contributed by atoms with Gasteiger partial charge in [0.2, 0.25) is 0 Å². The monoisotopic (exact) mass is 312 g/mol. The number of aliphatic carboxylic acids is 1. The molecule has 10 heteroatoms. The number of nitrogens with one attached hydrogen (secondary N) is 1. The third-order valence-corrected chi connectivity index (χ3v) is 2.57. The van der Waals surface area contributed by atoms with Crippen LogP contribution in [-0.2, 0) is 19.1 Å². The van der Waals surface area contributed by atoms with E-state index in [4.69, 9.17) is 20.4 Å². The summed E-state index contributed by atoms with van der Waals surface area (Å²) in [5.74, 6) is 11.8. The van der Waals surface area contributed by atoms with Crippen molar-refractivity contribution in [3.8, 4) is 0 Å². The van der Waals surface area contributed by atoms with Crippen molar-refractivity contribution >= 4 is 11.9 Å². The van der Waals surface area contributed by atoms with Crippen LogP contribution in [0.5, 0.6) is 0 Å². The Labute approximate surface area is 124 Å². The van der Waals surface area contributed by atoms with E-state index < -0.39 is 12.1 Å². The van der Waals surface area contributed by atoms with Gasteiger partial charge in [-0.05, 0) is 25.7 Å². The molecule has 128 valence electrons. The molecule has 0 aliphatic carbocycles. The third-order valence-electron chi connectivity index (χ3n) is 2.57. The van der Waals surface area contributed by atoms with Gasteiger partial charge in [-0.3, -0.25) is 21.9 Å². The van der Waals surface area contributed by atoms with Crippen molar-refractivity contribution in [2.24, 2.45) is 17.5 Å². The second kappa shape index (κ2) is 15.1. The number of amides is 1. The van der Waals surface area contributed by atoms with Crippen LogP contribution < -0.4 is 23.0 Å². The molecule has 0 aromatic rings. The third kappa shape index (κ3) is 10.1. The fourth-order valence-electron chi connectivity index (χ4n) is 1.65. The Morgan fingerprint density at radius 3 is 1.71 bits per heavy atom. The first-order valence-corrected chi connectivity index (χ1v) is 5.95. The lowest BCUT2D eigenvalue weighted by Gasteiger charge is -2.04. The molecule has 0 aromatic carbocycles. The van der Waals surface area contributed by atoms with Gasteiger partial charge in [-0.15, -0.1) is 0 Å².